The number of hydrogen-bond donors (Lipinski definition) is 3. The van der Waals surface area contributed by atoms with E-state index in [0.29, 0.717) is 33.7 Å². The zero-order valence-electron chi connectivity index (χ0n) is 13.7. The highest BCUT2D eigenvalue weighted by Crippen LogP contribution is 2.31. The van der Waals surface area contributed by atoms with E-state index >= 15 is 0 Å². The Kier molecular flexibility index (Phi) is 7.23. The third-order valence-corrected chi connectivity index (χ3v) is 4.39. The molecule has 0 spiro atoms. The molecular formula is C17H16ClF2N3O2S. The summed E-state index contributed by atoms with van der Waals surface area (Å²) in [7, 11) is 1.51. The molecule has 5 nitrogen and oxygen atoms in total. The molecule has 26 heavy (non-hydrogen) atoms. The van der Waals surface area contributed by atoms with Gasteiger partial charge in [0.15, 0.2) is 0 Å². The zero-order chi connectivity index (χ0) is 19.1. The Hall–Kier alpha value is -2.32. The predicted molar refractivity (Wildman–Crippen MR) is 100 cm³/mol. The lowest BCUT2D eigenvalue weighted by molar-refractivity contribution is -0.114. The highest BCUT2D eigenvalue weighted by Gasteiger charge is 2.13. The molecular weight excluding hydrogens is 384 g/mol. The summed E-state index contributed by atoms with van der Waals surface area (Å²) in [6.45, 7) is -0.148. The Bertz CT molecular complexity index is 805. The van der Waals surface area contributed by atoms with Gasteiger partial charge in [-0.05, 0) is 30.3 Å². The third kappa shape index (κ3) is 5.60. The van der Waals surface area contributed by atoms with Crippen molar-refractivity contribution in [3.63, 3.8) is 0 Å². The first-order valence-electron chi connectivity index (χ1n) is 7.50. The Morgan fingerprint density at radius 3 is 2.58 bits per heavy atom. The Balaban J connectivity index is 2.03. The number of nitrogens with one attached hydrogen (secondary N) is 3. The lowest BCUT2D eigenvalue weighted by atomic mass is 10.2. The Morgan fingerprint density at radius 2 is 1.88 bits per heavy atom. The molecule has 2 aromatic rings. The van der Waals surface area contributed by atoms with Crippen LogP contribution in [0.1, 0.15) is 10.4 Å². The zero-order valence-corrected chi connectivity index (χ0v) is 15.3. The van der Waals surface area contributed by atoms with Crippen LogP contribution in [0.3, 0.4) is 0 Å². The molecule has 0 heterocycles. The quantitative estimate of drug-likeness (QED) is 0.614. The average Bonchev–Trinajstić information content (AvgIpc) is 2.61. The summed E-state index contributed by atoms with van der Waals surface area (Å²) in [4.78, 5) is 24.0. The molecule has 0 aliphatic carbocycles. The van der Waals surface area contributed by atoms with Crippen molar-refractivity contribution >= 4 is 46.6 Å². The predicted octanol–water partition coefficient (Wildman–Crippen LogP) is 4.06. The van der Waals surface area contributed by atoms with Crippen LogP contribution in [0.15, 0.2) is 47.4 Å². The lowest BCUT2D eigenvalue weighted by Crippen LogP contribution is -2.23. The number of carbonyl (C=O) groups is 2. The molecule has 2 amide bonds. The number of thioether (sulfide) groups is 1. The molecule has 0 saturated carbocycles. The van der Waals surface area contributed by atoms with Gasteiger partial charge in [0.25, 0.3) is 11.7 Å². The van der Waals surface area contributed by atoms with Crippen molar-refractivity contribution in [1.82, 2.24) is 5.32 Å². The third-order valence-electron chi connectivity index (χ3n) is 3.27. The molecule has 0 saturated heterocycles. The fourth-order valence-corrected chi connectivity index (χ4v) is 2.86. The van der Waals surface area contributed by atoms with Crippen LogP contribution < -0.4 is 16.0 Å². The number of amides is 2. The van der Waals surface area contributed by atoms with E-state index in [9.17, 15) is 18.4 Å². The van der Waals surface area contributed by atoms with Crippen molar-refractivity contribution < 1.29 is 18.4 Å². The van der Waals surface area contributed by atoms with E-state index in [1.807, 2.05) is 0 Å². The number of benzene rings is 2. The van der Waals surface area contributed by atoms with Gasteiger partial charge in [0.2, 0.25) is 5.91 Å². The molecule has 138 valence electrons. The molecule has 3 N–H and O–H groups in total. The molecule has 2 aromatic carbocycles. The highest BCUT2D eigenvalue weighted by molar-refractivity contribution is 7.99. The van der Waals surface area contributed by atoms with Gasteiger partial charge in [-0.3, -0.25) is 9.59 Å². The van der Waals surface area contributed by atoms with E-state index in [4.69, 9.17) is 11.6 Å². The molecule has 0 aromatic heterocycles. The Labute approximate surface area is 158 Å². The van der Waals surface area contributed by atoms with Crippen LogP contribution in [-0.4, -0.2) is 31.2 Å². The molecule has 0 bridgehead atoms. The van der Waals surface area contributed by atoms with Gasteiger partial charge in [0.1, 0.15) is 0 Å². The first-order chi connectivity index (χ1) is 12.4. The smallest absolute Gasteiger partial charge is 0.288 e. The summed E-state index contributed by atoms with van der Waals surface area (Å²) in [5, 5.41) is 8.25. The van der Waals surface area contributed by atoms with Crippen LogP contribution in [0.2, 0.25) is 5.02 Å². The average molecular weight is 400 g/mol. The summed E-state index contributed by atoms with van der Waals surface area (Å²) in [6, 6.07) is 10.9. The first kappa shape index (κ1) is 20.0. The van der Waals surface area contributed by atoms with E-state index in [0.717, 1.165) is 0 Å². The van der Waals surface area contributed by atoms with Crippen LogP contribution in [-0.2, 0) is 4.79 Å². The fraction of sp³-hybridized carbons (Fsp3) is 0.176. The SMILES string of the molecule is CNC(=O)c1ccc(Cl)c(NCC(=O)Nc2ccccc2SC(F)F)c1. The van der Waals surface area contributed by atoms with Crippen molar-refractivity contribution in [3.8, 4) is 0 Å². The largest absolute Gasteiger partial charge is 0.375 e. The second-order valence-corrected chi connectivity index (χ2v) is 6.49. The summed E-state index contributed by atoms with van der Waals surface area (Å²) in [5.74, 6) is -3.31. The molecule has 0 aliphatic heterocycles. The number of hydrogen-bond acceptors (Lipinski definition) is 4. The lowest BCUT2D eigenvalue weighted by Gasteiger charge is -2.12. The summed E-state index contributed by atoms with van der Waals surface area (Å²) < 4.78 is 25.1. The van der Waals surface area contributed by atoms with E-state index in [1.54, 1.807) is 30.3 Å². The minimum atomic E-state index is -2.59. The van der Waals surface area contributed by atoms with Crippen molar-refractivity contribution in [2.45, 2.75) is 10.7 Å². The van der Waals surface area contributed by atoms with Gasteiger partial charge in [-0.2, -0.15) is 8.78 Å². The molecule has 0 unspecified atom stereocenters. The fourth-order valence-electron chi connectivity index (χ4n) is 2.08. The van der Waals surface area contributed by atoms with E-state index in [-0.39, 0.29) is 17.3 Å². The van der Waals surface area contributed by atoms with Crippen LogP contribution in [0.5, 0.6) is 0 Å². The van der Waals surface area contributed by atoms with E-state index < -0.39 is 11.7 Å². The van der Waals surface area contributed by atoms with Gasteiger partial charge in [0, 0.05) is 17.5 Å². The van der Waals surface area contributed by atoms with Crippen LogP contribution >= 0.6 is 23.4 Å². The molecule has 0 fully saturated rings. The maximum absolute atomic E-state index is 12.6. The van der Waals surface area contributed by atoms with Gasteiger partial charge in [-0.25, -0.2) is 0 Å². The summed E-state index contributed by atoms with van der Waals surface area (Å²) >= 11 is 6.42. The van der Waals surface area contributed by atoms with Crippen LogP contribution in [0, 0.1) is 0 Å². The van der Waals surface area contributed by atoms with Gasteiger partial charge in [-0.1, -0.05) is 35.5 Å². The van der Waals surface area contributed by atoms with Gasteiger partial charge in [0.05, 0.1) is 22.9 Å². The minimum absolute atomic E-state index is 0.148. The van der Waals surface area contributed by atoms with Crippen LogP contribution in [0.4, 0.5) is 20.2 Å². The monoisotopic (exact) mass is 399 g/mol. The molecule has 9 heteroatoms. The second-order valence-electron chi connectivity index (χ2n) is 5.05. The number of alkyl halides is 2. The van der Waals surface area contributed by atoms with Crippen LogP contribution in [0.25, 0.3) is 0 Å². The van der Waals surface area contributed by atoms with Gasteiger partial charge in [-0.15, -0.1) is 0 Å². The second kappa shape index (κ2) is 9.40. The highest BCUT2D eigenvalue weighted by atomic mass is 35.5. The van der Waals surface area contributed by atoms with Gasteiger partial charge >= 0.3 is 0 Å². The number of rotatable bonds is 7. The molecule has 0 radical (unpaired) electrons. The molecule has 0 aliphatic rings. The topological polar surface area (TPSA) is 70.2 Å². The maximum atomic E-state index is 12.6. The van der Waals surface area contributed by atoms with Crippen molar-refractivity contribution in [2.75, 3.05) is 24.2 Å². The van der Waals surface area contributed by atoms with E-state index in [1.165, 1.54) is 19.2 Å². The van der Waals surface area contributed by atoms with Crippen molar-refractivity contribution in [2.24, 2.45) is 0 Å². The number of halogens is 3. The number of anilines is 2. The summed E-state index contributed by atoms with van der Waals surface area (Å²) in [5.41, 5.74) is 1.10. The van der Waals surface area contributed by atoms with E-state index in [2.05, 4.69) is 16.0 Å². The normalized spacial score (nSPS) is 10.5. The van der Waals surface area contributed by atoms with Crippen molar-refractivity contribution in [1.29, 1.82) is 0 Å². The molecule has 2 rings (SSSR count). The first-order valence-corrected chi connectivity index (χ1v) is 8.75. The van der Waals surface area contributed by atoms with Gasteiger partial charge < -0.3 is 16.0 Å². The maximum Gasteiger partial charge on any atom is 0.288 e. The minimum Gasteiger partial charge on any atom is -0.375 e. The standard InChI is InChI=1S/C17H16ClF2N3O2S/c1-21-16(25)10-6-7-11(18)13(8-10)22-9-15(24)23-12-4-2-3-5-14(12)26-17(19)20/h2-8,17,22H,9H2,1H3,(H,21,25)(H,23,24). The number of para-hydroxylation sites is 1. The summed E-state index contributed by atoms with van der Waals surface area (Å²) in [6.07, 6.45) is 0. The number of carbonyl (C=O) groups excluding carboxylic acids is 2. The Morgan fingerprint density at radius 1 is 1.15 bits per heavy atom. The van der Waals surface area contributed by atoms with Crippen molar-refractivity contribution in [3.05, 3.63) is 53.1 Å². The molecule has 0 atom stereocenters.